The molecule has 4 nitrogen and oxygen atoms in total. The van der Waals surface area contributed by atoms with Crippen LogP contribution in [0.2, 0.25) is 0 Å². The van der Waals surface area contributed by atoms with E-state index in [1.54, 1.807) is 4.52 Å². The molecular formula is C15H14N4S. The Bertz CT molecular complexity index is 836. The molecule has 0 fully saturated rings. The molecule has 0 amide bonds. The van der Waals surface area contributed by atoms with Crippen LogP contribution in [-0.2, 0) is 6.42 Å². The molecule has 3 rings (SSSR count). The smallest absolute Gasteiger partial charge is 0.214 e. The number of hydrogen-bond donors (Lipinski definition) is 0. The highest BCUT2D eigenvalue weighted by Crippen LogP contribution is 2.28. The number of rotatable bonds is 2. The average Bonchev–Trinajstić information content (AvgIpc) is 2.98. The first-order valence-electron chi connectivity index (χ1n) is 6.50. The van der Waals surface area contributed by atoms with Crippen LogP contribution in [0.4, 0.5) is 0 Å². The number of nitriles is 1. The van der Waals surface area contributed by atoms with Crippen molar-refractivity contribution in [1.29, 1.82) is 5.26 Å². The van der Waals surface area contributed by atoms with Gasteiger partial charge in [-0.2, -0.15) is 14.9 Å². The van der Waals surface area contributed by atoms with Gasteiger partial charge in [0.1, 0.15) is 16.8 Å². The molecule has 0 saturated carbocycles. The third kappa shape index (κ3) is 1.89. The number of hydrogen-bond acceptors (Lipinski definition) is 4. The highest BCUT2D eigenvalue weighted by Gasteiger charge is 2.17. The van der Waals surface area contributed by atoms with Crippen LogP contribution >= 0.6 is 11.3 Å². The van der Waals surface area contributed by atoms with E-state index in [1.165, 1.54) is 22.5 Å². The number of aryl methyl sites for hydroxylation is 3. The number of benzene rings is 1. The second kappa shape index (κ2) is 4.73. The third-order valence-electron chi connectivity index (χ3n) is 3.43. The van der Waals surface area contributed by atoms with Crippen LogP contribution in [0, 0.1) is 25.2 Å². The van der Waals surface area contributed by atoms with Crippen molar-refractivity contribution in [3.63, 3.8) is 0 Å². The summed E-state index contributed by atoms with van der Waals surface area (Å²) in [5, 5.41) is 14.9. The van der Waals surface area contributed by atoms with Crippen LogP contribution in [0.3, 0.4) is 0 Å². The maximum absolute atomic E-state index is 9.43. The molecule has 20 heavy (non-hydrogen) atoms. The van der Waals surface area contributed by atoms with Gasteiger partial charge in [-0.25, -0.2) is 4.98 Å². The van der Waals surface area contributed by atoms with Gasteiger partial charge in [-0.15, -0.1) is 0 Å². The quantitative estimate of drug-likeness (QED) is 0.722. The van der Waals surface area contributed by atoms with Crippen molar-refractivity contribution >= 4 is 16.3 Å². The number of nitrogens with zero attached hydrogens (tertiary/aromatic N) is 4. The summed E-state index contributed by atoms with van der Waals surface area (Å²) in [6, 6.07) is 8.38. The molecule has 0 radical (unpaired) electrons. The van der Waals surface area contributed by atoms with Crippen LogP contribution in [0.1, 0.15) is 28.8 Å². The fraction of sp³-hybridized carbons (Fsp3) is 0.267. The standard InChI is InChI=1S/C15H14N4S/c1-4-13-18-19-12(8-16)14(17-15(19)20-13)11-6-5-9(2)10(3)7-11/h5-7H,4H2,1-3H3. The molecule has 0 N–H and O–H groups in total. The summed E-state index contributed by atoms with van der Waals surface area (Å²) in [7, 11) is 0. The summed E-state index contributed by atoms with van der Waals surface area (Å²) in [5.74, 6) is 0. The Hall–Kier alpha value is -2.19. The van der Waals surface area contributed by atoms with Gasteiger partial charge in [0, 0.05) is 5.56 Å². The highest BCUT2D eigenvalue weighted by molar-refractivity contribution is 7.16. The van der Waals surface area contributed by atoms with Crippen molar-refractivity contribution in [2.45, 2.75) is 27.2 Å². The summed E-state index contributed by atoms with van der Waals surface area (Å²) < 4.78 is 1.66. The lowest BCUT2D eigenvalue weighted by molar-refractivity contribution is 0.899. The van der Waals surface area contributed by atoms with E-state index < -0.39 is 0 Å². The van der Waals surface area contributed by atoms with Crippen molar-refractivity contribution < 1.29 is 0 Å². The first-order valence-corrected chi connectivity index (χ1v) is 7.32. The summed E-state index contributed by atoms with van der Waals surface area (Å²) in [5.41, 5.74) is 4.64. The van der Waals surface area contributed by atoms with Crippen LogP contribution in [0.25, 0.3) is 16.2 Å². The van der Waals surface area contributed by atoms with Gasteiger partial charge in [0.15, 0.2) is 5.69 Å². The molecule has 1 aromatic carbocycles. The Morgan fingerprint density at radius 1 is 1.30 bits per heavy atom. The highest BCUT2D eigenvalue weighted by atomic mass is 32.1. The van der Waals surface area contributed by atoms with Crippen LogP contribution < -0.4 is 0 Å². The second-order valence-electron chi connectivity index (χ2n) is 4.76. The summed E-state index contributed by atoms with van der Waals surface area (Å²) >= 11 is 1.54. The predicted octanol–water partition coefficient (Wildman–Crippen LogP) is 3.51. The minimum absolute atomic E-state index is 0.513. The Balaban J connectivity index is 2.23. The lowest BCUT2D eigenvalue weighted by Gasteiger charge is -2.03. The normalized spacial score (nSPS) is 10.9. The fourth-order valence-corrected chi connectivity index (χ4v) is 2.95. The van der Waals surface area contributed by atoms with Gasteiger partial charge in [-0.3, -0.25) is 0 Å². The molecule has 0 saturated heterocycles. The third-order valence-corrected chi connectivity index (χ3v) is 4.49. The lowest BCUT2D eigenvalue weighted by atomic mass is 10.0. The molecular weight excluding hydrogens is 268 g/mol. The molecule has 0 aliphatic carbocycles. The monoisotopic (exact) mass is 282 g/mol. The van der Waals surface area contributed by atoms with E-state index >= 15 is 0 Å². The van der Waals surface area contributed by atoms with Gasteiger partial charge < -0.3 is 0 Å². The predicted molar refractivity (Wildman–Crippen MR) is 79.9 cm³/mol. The maximum atomic E-state index is 9.43. The van der Waals surface area contributed by atoms with E-state index in [-0.39, 0.29) is 0 Å². The number of fused-ring (bicyclic) bond motifs is 1. The number of aromatic nitrogens is 3. The maximum Gasteiger partial charge on any atom is 0.214 e. The van der Waals surface area contributed by atoms with E-state index in [1.807, 2.05) is 6.07 Å². The van der Waals surface area contributed by atoms with E-state index in [0.29, 0.717) is 5.69 Å². The van der Waals surface area contributed by atoms with E-state index in [2.05, 4.69) is 49.1 Å². The molecule has 0 unspecified atom stereocenters. The zero-order chi connectivity index (χ0) is 14.3. The molecule has 0 atom stereocenters. The van der Waals surface area contributed by atoms with Crippen molar-refractivity contribution in [2.24, 2.45) is 0 Å². The van der Waals surface area contributed by atoms with Crippen LogP contribution in [-0.4, -0.2) is 14.6 Å². The van der Waals surface area contributed by atoms with E-state index in [0.717, 1.165) is 27.6 Å². The Kier molecular flexibility index (Phi) is 3.03. The van der Waals surface area contributed by atoms with Crippen molar-refractivity contribution in [3.8, 4) is 17.3 Å². The zero-order valence-electron chi connectivity index (χ0n) is 11.6. The van der Waals surface area contributed by atoms with Crippen LogP contribution in [0.5, 0.6) is 0 Å². The zero-order valence-corrected chi connectivity index (χ0v) is 12.5. The molecule has 0 aliphatic heterocycles. The molecule has 2 aromatic heterocycles. The molecule has 5 heteroatoms. The Labute approximate surface area is 121 Å². The molecule has 0 spiro atoms. The van der Waals surface area contributed by atoms with Crippen LogP contribution in [0.15, 0.2) is 18.2 Å². The first kappa shape index (κ1) is 12.8. The topological polar surface area (TPSA) is 54.0 Å². The Morgan fingerprint density at radius 2 is 2.10 bits per heavy atom. The summed E-state index contributed by atoms with van der Waals surface area (Å²) in [6.07, 6.45) is 0.859. The lowest BCUT2D eigenvalue weighted by Crippen LogP contribution is -1.92. The van der Waals surface area contributed by atoms with Gasteiger partial charge in [0.05, 0.1) is 0 Å². The van der Waals surface area contributed by atoms with Gasteiger partial charge >= 0.3 is 0 Å². The Morgan fingerprint density at radius 3 is 2.75 bits per heavy atom. The largest absolute Gasteiger partial charge is 0.216 e. The second-order valence-corrected chi connectivity index (χ2v) is 5.80. The van der Waals surface area contributed by atoms with Gasteiger partial charge in [0.2, 0.25) is 4.96 Å². The molecule has 2 heterocycles. The molecule has 100 valence electrons. The first-order chi connectivity index (χ1) is 9.63. The summed E-state index contributed by atoms with van der Waals surface area (Å²) in [6.45, 7) is 6.19. The molecule has 0 bridgehead atoms. The fourth-order valence-electron chi connectivity index (χ4n) is 2.12. The minimum Gasteiger partial charge on any atom is -0.216 e. The van der Waals surface area contributed by atoms with Gasteiger partial charge in [-0.1, -0.05) is 30.4 Å². The van der Waals surface area contributed by atoms with Gasteiger partial charge in [0.25, 0.3) is 0 Å². The molecule has 3 aromatic rings. The van der Waals surface area contributed by atoms with Gasteiger partial charge in [-0.05, 0) is 37.5 Å². The average molecular weight is 282 g/mol. The minimum atomic E-state index is 0.513. The SMILES string of the molecule is CCc1nn2c(C#N)c(-c3ccc(C)c(C)c3)nc2s1. The number of imidazole rings is 1. The van der Waals surface area contributed by atoms with E-state index in [9.17, 15) is 5.26 Å². The molecule has 0 aliphatic rings. The van der Waals surface area contributed by atoms with Crippen molar-refractivity contribution in [1.82, 2.24) is 14.6 Å². The summed E-state index contributed by atoms with van der Waals surface area (Å²) in [4.78, 5) is 5.37. The van der Waals surface area contributed by atoms with Crippen molar-refractivity contribution in [3.05, 3.63) is 40.0 Å². The van der Waals surface area contributed by atoms with E-state index in [4.69, 9.17) is 0 Å². The van der Waals surface area contributed by atoms with Crippen molar-refractivity contribution in [2.75, 3.05) is 0 Å².